The van der Waals surface area contributed by atoms with E-state index in [4.69, 9.17) is 0 Å². The molecule has 0 fully saturated rings. The highest BCUT2D eigenvalue weighted by Crippen LogP contribution is 2.32. The second kappa shape index (κ2) is 3.70. The molecule has 2 heteroatoms. The molecule has 0 amide bonds. The molecule has 0 bridgehead atoms. The normalized spacial score (nSPS) is 11.8. The van der Waals surface area contributed by atoms with Crippen LogP contribution < -0.4 is 0 Å². The van der Waals surface area contributed by atoms with Crippen molar-refractivity contribution in [1.29, 1.82) is 0 Å². The summed E-state index contributed by atoms with van der Waals surface area (Å²) in [6.45, 7) is 6.30. The summed E-state index contributed by atoms with van der Waals surface area (Å²) in [6, 6.07) is 5.28. The van der Waals surface area contributed by atoms with Crippen molar-refractivity contribution >= 4 is 11.8 Å². The molecule has 1 aromatic rings. The average Bonchev–Trinajstić information content (AvgIpc) is 2.02. The number of hydrogen-bond acceptors (Lipinski definition) is 1. The maximum atomic E-state index is 13.4. The summed E-state index contributed by atoms with van der Waals surface area (Å²) in [5.41, 5.74) is 1.10. The Morgan fingerprint density at radius 3 is 2.23 bits per heavy atom. The first-order chi connectivity index (χ1) is 5.96. The lowest BCUT2D eigenvalue weighted by molar-refractivity contribution is 0.544. The molecule has 13 heavy (non-hydrogen) atoms. The van der Waals surface area contributed by atoms with Gasteiger partial charge in [-0.25, -0.2) is 4.39 Å². The van der Waals surface area contributed by atoms with Crippen molar-refractivity contribution in [3.63, 3.8) is 0 Å². The summed E-state index contributed by atoms with van der Waals surface area (Å²) in [6.07, 6.45) is 1.91. The molecule has 72 valence electrons. The Morgan fingerprint density at radius 1 is 1.23 bits per heavy atom. The van der Waals surface area contributed by atoms with Gasteiger partial charge in [0.05, 0.1) is 0 Å². The molecule has 0 aliphatic carbocycles. The molecule has 0 aliphatic rings. The number of halogens is 1. The van der Waals surface area contributed by atoms with Crippen LogP contribution in [-0.2, 0) is 5.41 Å². The van der Waals surface area contributed by atoms with Crippen LogP contribution in [0.15, 0.2) is 23.1 Å². The Kier molecular flexibility index (Phi) is 3.01. The van der Waals surface area contributed by atoms with E-state index in [-0.39, 0.29) is 11.2 Å². The molecule has 0 atom stereocenters. The smallest absolute Gasteiger partial charge is 0.137 e. The zero-order valence-corrected chi connectivity index (χ0v) is 9.33. The highest BCUT2D eigenvalue weighted by molar-refractivity contribution is 7.98. The van der Waals surface area contributed by atoms with Gasteiger partial charge in [-0.05, 0) is 23.3 Å². The summed E-state index contributed by atoms with van der Waals surface area (Å²) in [4.78, 5) is 0.773. The molecule has 0 spiro atoms. The van der Waals surface area contributed by atoms with Crippen LogP contribution in [0.25, 0.3) is 0 Å². The molecule has 1 rings (SSSR count). The Balaban J connectivity index is 3.29. The highest BCUT2D eigenvalue weighted by atomic mass is 32.2. The van der Waals surface area contributed by atoms with E-state index >= 15 is 0 Å². The van der Waals surface area contributed by atoms with E-state index in [0.29, 0.717) is 0 Å². The molecular formula is C11H15FS. The predicted octanol–water partition coefficient (Wildman–Crippen LogP) is 3.85. The lowest BCUT2D eigenvalue weighted by atomic mass is 9.87. The molecule has 0 aliphatic heterocycles. The maximum absolute atomic E-state index is 13.4. The zero-order valence-electron chi connectivity index (χ0n) is 8.52. The quantitative estimate of drug-likeness (QED) is 0.618. The largest absolute Gasteiger partial charge is 0.206 e. The summed E-state index contributed by atoms with van der Waals surface area (Å²) < 4.78 is 13.4. The molecule has 1 aromatic carbocycles. The van der Waals surface area contributed by atoms with Crippen molar-refractivity contribution in [3.8, 4) is 0 Å². The molecule has 0 saturated heterocycles. The minimum Gasteiger partial charge on any atom is -0.206 e. The van der Waals surface area contributed by atoms with E-state index in [1.54, 1.807) is 6.07 Å². The zero-order chi connectivity index (χ0) is 10.1. The van der Waals surface area contributed by atoms with Crippen molar-refractivity contribution < 1.29 is 4.39 Å². The van der Waals surface area contributed by atoms with Crippen molar-refractivity contribution in [1.82, 2.24) is 0 Å². The fourth-order valence-electron chi connectivity index (χ4n) is 1.31. The molecule has 0 radical (unpaired) electrons. The first-order valence-electron chi connectivity index (χ1n) is 4.30. The van der Waals surface area contributed by atoms with E-state index in [1.807, 2.05) is 12.3 Å². The van der Waals surface area contributed by atoms with Crippen molar-refractivity contribution in [3.05, 3.63) is 29.6 Å². The first kappa shape index (κ1) is 10.6. The third-order valence-corrected chi connectivity index (χ3v) is 2.80. The Hall–Kier alpha value is -0.500. The van der Waals surface area contributed by atoms with Crippen LogP contribution in [0, 0.1) is 5.82 Å². The van der Waals surface area contributed by atoms with Gasteiger partial charge < -0.3 is 0 Å². The first-order valence-corrected chi connectivity index (χ1v) is 5.52. The minimum atomic E-state index is -0.111. The molecule has 0 N–H and O–H groups in total. The van der Waals surface area contributed by atoms with Gasteiger partial charge in [-0.1, -0.05) is 32.9 Å². The van der Waals surface area contributed by atoms with Crippen LogP contribution in [0.2, 0.25) is 0 Å². The SMILES string of the molecule is CSc1c(F)cccc1C(C)(C)C. The van der Waals surface area contributed by atoms with Gasteiger partial charge in [-0.2, -0.15) is 0 Å². The van der Waals surface area contributed by atoms with Gasteiger partial charge in [0, 0.05) is 4.90 Å². The van der Waals surface area contributed by atoms with Crippen molar-refractivity contribution in [2.75, 3.05) is 6.26 Å². The summed E-state index contributed by atoms with van der Waals surface area (Å²) >= 11 is 1.47. The van der Waals surface area contributed by atoms with Gasteiger partial charge >= 0.3 is 0 Å². The summed E-state index contributed by atoms with van der Waals surface area (Å²) in [5.74, 6) is -0.111. The fourth-order valence-corrected chi connectivity index (χ4v) is 2.16. The van der Waals surface area contributed by atoms with Gasteiger partial charge in [0.15, 0.2) is 0 Å². The van der Waals surface area contributed by atoms with Crippen molar-refractivity contribution in [2.45, 2.75) is 31.1 Å². The van der Waals surface area contributed by atoms with E-state index in [9.17, 15) is 4.39 Å². The maximum Gasteiger partial charge on any atom is 0.137 e. The molecule has 0 aromatic heterocycles. The Morgan fingerprint density at radius 2 is 1.85 bits per heavy atom. The molecule has 0 saturated carbocycles. The average molecular weight is 198 g/mol. The third kappa shape index (κ3) is 2.25. The fraction of sp³-hybridized carbons (Fsp3) is 0.455. The van der Waals surface area contributed by atoms with Crippen LogP contribution in [-0.4, -0.2) is 6.26 Å². The minimum absolute atomic E-state index is 0.0143. The monoisotopic (exact) mass is 198 g/mol. The van der Waals surface area contributed by atoms with Crippen LogP contribution >= 0.6 is 11.8 Å². The number of hydrogen-bond donors (Lipinski definition) is 0. The predicted molar refractivity (Wildman–Crippen MR) is 56.9 cm³/mol. The van der Waals surface area contributed by atoms with Crippen LogP contribution in [0.3, 0.4) is 0 Å². The molecule has 0 heterocycles. The third-order valence-electron chi connectivity index (χ3n) is 1.98. The number of benzene rings is 1. The second-order valence-electron chi connectivity index (χ2n) is 4.07. The van der Waals surface area contributed by atoms with Crippen molar-refractivity contribution in [2.24, 2.45) is 0 Å². The highest BCUT2D eigenvalue weighted by Gasteiger charge is 2.19. The number of rotatable bonds is 1. The van der Waals surface area contributed by atoms with E-state index in [1.165, 1.54) is 17.8 Å². The van der Waals surface area contributed by atoms with Gasteiger partial charge in [-0.15, -0.1) is 11.8 Å². The van der Waals surface area contributed by atoms with E-state index < -0.39 is 0 Å². The summed E-state index contributed by atoms with van der Waals surface area (Å²) in [7, 11) is 0. The van der Waals surface area contributed by atoms with Gasteiger partial charge in [-0.3, -0.25) is 0 Å². The van der Waals surface area contributed by atoms with E-state index in [0.717, 1.165) is 10.5 Å². The lowest BCUT2D eigenvalue weighted by Gasteiger charge is -2.22. The van der Waals surface area contributed by atoms with Gasteiger partial charge in [0.25, 0.3) is 0 Å². The topological polar surface area (TPSA) is 0 Å². The number of thioether (sulfide) groups is 1. The van der Waals surface area contributed by atoms with Crippen LogP contribution in [0.4, 0.5) is 4.39 Å². The Labute approximate surface area is 83.5 Å². The Bertz CT molecular complexity index is 299. The van der Waals surface area contributed by atoms with Crippen LogP contribution in [0.5, 0.6) is 0 Å². The van der Waals surface area contributed by atoms with E-state index in [2.05, 4.69) is 20.8 Å². The summed E-state index contributed by atoms with van der Waals surface area (Å²) in [5, 5.41) is 0. The standard InChI is InChI=1S/C11H15FS/c1-11(2,3)8-6-5-7-9(12)10(8)13-4/h5-7H,1-4H3. The van der Waals surface area contributed by atoms with Gasteiger partial charge in [0.1, 0.15) is 5.82 Å². The van der Waals surface area contributed by atoms with Gasteiger partial charge in [0.2, 0.25) is 0 Å². The van der Waals surface area contributed by atoms with Crippen LogP contribution in [0.1, 0.15) is 26.3 Å². The molecule has 0 unspecified atom stereocenters. The second-order valence-corrected chi connectivity index (χ2v) is 4.89. The lowest BCUT2D eigenvalue weighted by Crippen LogP contribution is -2.13. The molecule has 0 nitrogen and oxygen atoms in total. The molecular weight excluding hydrogens is 183 g/mol.